The average molecular weight is 800 g/mol. The smallest absolute Gasteiger partial charge is 0.235 e. The largest absolute Gasteiger partial charge is 0.487 e. The quantitative estimate of drug-likeness (QED) is 0.263. The predicted molar refractivity (Wildman–Crippen MR) is 211 cm³/mol. The molecule has 54 heavy (non-hydrogen) atoms. The molecular formula is C36H38Cl2F2N10O3S. The number of nitrogens with zero attached hydrogens (tertiary/aromatic N) is 9. The summed E-state index contributed by atoms with van der Waals surface area (Å²) in [7, 11) is 2.04. The molecular weight excluding hydrogens is 761 g/mol. The van der Waals surface area contributed by atoms with E-state index in [0.29, 0.717) is 70.9 Å². The minimum Gasteiger partial charge on any atom is -0.487 e. The third-order valence-electron chi connectivity index (χ3n) is 10.9. The van der Waals surface area contributed by atoms with E-state index in [2.05, 4.69) is 25.0 Å². The molecule has 13 nitrogen and oxygen atoms in total. The number of pyridine rings is 2. The first-order chi connectivity index (χ1) is 25.2. The van der Waals surface area contributed by atoms with Gasteiger partial charge in [-0.25, -0.2) is 8.78 Å². The van der Waals surface area contributed by atoms with Gasteiger partial charge in [0, 0.05) is 76.2 Å². The van der Waals surface area contributed by atoms with E-state index in [1.54, 1.807) is 18.5 Å². The van der Waals surface area contributed by atoms with Crippen molar-refractivity contribution in [1.29, 1.82) is 0 Å². The minimum absolute atomic E-state index is 0. The molecule has 6 aromatic rings. The zero-order chi connectivity index (χ0) is 35.4. The highest BCUT2D eigenvalue weighted by molar-refractivity contribution is 7.19. The van der Waals surface area contributed by atoms with Gasteiger partial charge in [0.2, 0.25) is 10.4 Å². The van der Waals surface area contributed by atoms with Crippen LogP contribution in [0.4, 0.5) is 20.2 Å². The van der Waals surface area contributed by atoms with E-state index in [1.165, 1.54) is 16.6 Å². The van der Waals surface area contributed by atoms with Gasteiger partial charge in [-0.2, -0.15) is 9.61 Å². The summed E-state index contributed by atoms with van der Waals surface area (Å²) in [6.07, 6.45) is 5.46. The monoisotopic (exact) mass is 798 g/mol. The van der Waals surface area contributed by atoms with E-state index < -0.39 is 11.6 Å². The van der Waals surface area contributed by atoms with Gasteiger partial charge in [0.15, 0.2) is 27.8 Å². The van der Waals surface area contributed by atoms with E-state index in [-0.39, 0.29) is 75.5 Å². The van der Waals surface area contributed by atoms with E-state index in [9.17, 15) is 9.59 Å². The summed E-state index contributed by atoms with van der Waals surface area (Å²) in [5, 5.41) is 17.6. The fourth-order valence-corrected chi connectivity index (χ4v) is 8.75. The number of hydrogen-bond acceptors (Lipinski definition) is 11. The van der Waals surface area contributed by atoms with Gasteiger partial charge >= 0.3 is 0 Å². The first kappa shape index (κ1) is 36.6. The first-order valence-corrected chi connectivity index (χ1v) is 18.6. The van der Waals surface area contributed by atoms with Gasteiger partial charge in [0.05, 0.1) is 39.3 Å². The van der Waals surface area contributed by atoms with Crippen molar-refractivity contribution < 1.29 is 13.5 Å². The van der Waals surface area contributed by atoms with Crippen molar-refractivity contribution >= 4 is 74.3 Å². The molecule has 4 aliphatic rings. The lowest BCUT2D eigenvalue weighted by molar-refractivity contribution is 0.245. The molecule has 0 radical (unpaired) electrons. The van der Waals surface area contributed by atoms with Crippen LogP contribution >= 0.6 is 36.2 Å². The van der Waals surface area contributed by atoms with Crippen LogP contribution in [0, 0.1) is 11.6 Å². The molecule has 3 aliphatic heterocycles. The number of halogens is 4. The second-order valence-electron chi connectivity index (χ2n) is 14.4. The summed E-state index contributed by atoms with van der Waals surface area (Å²) in [4.78, 5) is 34.9. The van der Waals surface area contributed by atoms with Crippen molar-refractivity contribution in [2.75, 3.05) is 75.8 Å². The summed E-state index contributed by atoms with van der Waals surface area (Å²) in [5.74, 6) is -0.340. The summed E-state index contributed by atoms with van der Waals surface area (Å²) >= 11 is 1.16. The molecule has 284 valence electrons. The number of aromatic nitrogens is 6. The molecule has 1 atom stereocenters. The molecule has 0 amide bonds. The topological polar surface area (TPSA) is 118 Å². The molecule has 1 saturated carbocycles. The molecule has 0 bridgehead atoms. The second kappa shape index (κ2) is 13.7. The van der Waals surface area contributed by atoms with E-state index in [0.717, 1.165) is 50.4 Å². The van der Waals surface area contributed by atoms with Gasteiger partial charge in [0.25, 0.3) is 0 Å². The van der Waals surface area contributed by atoms with Crippen LogP contribution in [0.25, 0.3) is 48.7 Å². The van der Waals surface area contributed by atoms with E-state index in [1.807, 2.05) is 28.3 Å². The number of fused-ring (bicyclic) bond motifs is 2. The number of rotatable bonds is 5. The molecule has 2 saturated heterocycles. The molecule has 1 aliphatic carbocycles. The van der Waals surface area contributed by atoms with Crippen LogP contribution in [0.1, 0.15) is 31.8 Å². The molecule has 10 rings (SSSR count). The van der Waals surface area contributed by atoms with Crippen LogP contribution in [0.5, 0.6) is 5.75 Å². The van der Waals surface area contributed by atoms with Crippen LogP contribution < -0.4 is 30.7 Å². The lowest BCUT2D eigenvalue weighted by Gasteiger charge is -2.37. The van der Waals surface area contributed by atoms with E-state index >= 15 is 8.78 Å². The number of anilines is 2. The van der Waals surface area contributed by atoms with Crippen molar-refractivity contribution in [2.45, 2.75) is 31.8 Å². The third-order valence-corrected chi connectivity index (χ3v) is 11.9. The van der Waals surface area contributed by atoms with Gasteiger partial charge in [-0.05, 0) is 45.0 Å². The first-order valence-electron chi connectivity index (χ1n) is 17.8. The maximum absolute atomic E-state index is 16.0. The number of likely N-dealkylation sites (N-methyl/N-ethyl adjacent to an activating group) is 1. The Kier molecular flexibility index (Phi) is 9.32. The number of benzene rings is 2. The van der Waals surface area contributed by atoms with Crippen molar-refractivity contribution in [1.82, 2.24) is 39.2 Å². The van der Waals surface area contributed by atoms with Crippen LogP contribution in [0.2, 0.25) is 0 Å². The Hall–Kier alpha value is -4.35. The molecule has 4 aromatic heterocycles. The Morgan fingerprint density at radius 2 is 1.56 bits per heavy atom. The molecule has 18 heteroatoms. The van der Waals surface area contributed by atoms with E-state index in [4.69, 9.17) is 9.84 Å². The molecule has 0 unspecified atom stereocenters. The normalized spacial score (nSPS) is 18.9. The van der Waals surface area contributed by atoms with Crippen molar-refractivity contribution in [2.24, 2.45) is 0 Å². The Morgan fingerprint density at radius 1 is 0.852 bits per heavy atom. The van der Waals surface area contributed by atoms with Gasteiger partial charge in [0.1, 0.15) is 18.1 Å². The zero-order valence-electron chi connectivity index (χ0n) is 29.5. The molecule has 0 spiro atoms. The number of ether oxygens (including phenoxy) is 1. The molecule has 3 fully saturated rings. The van der Waals surface area contributed by atoms with Crippen LogP contribution in [0.3, 0.4) is 0 Å². The molecule has 1 N–H and O–H groups in total. The third kappa shape index (κ3) is 5.72. The van der Waals surface area contributed by atoms with Gasteiger partial charge in [-0.1, -0.05) is 11.3 Å². The highest BCUT2D eigenvalue weighted by Crippen LogP contribution is 2.43. The van der Waals surface area contributed by atoms with Crippen molar-refractivity contribution in [3.8, 4) is 27.7 Å². The van der Waals surface area contributed by atoms with Crippen LogP contribution in [0.15, 0.2) is 40.2 Å². The highest BCUT2D eigenvalue weighted by Gasteiger charge is 2.32. The standard InChI is InChI=1S/C36H36F2N10O3S.2ClH/c1-19-18-51-33-29-22(14-26(38)30(33)45-11-9-43(2)10-12-45)32(50)24(17-46(19)29)35-42-48-34(40-41-36(48)52-35)23-16-47(20-3-4-20)27-15-28(44-7-5-39-6-8-44)25(37)13-21(27)31(23)49;;/h13-17,19-20,39H,3-12,18H2,1-2H3;2*1H/t19-;;/m0../s1. The van der Waals surface area contributed by atoms with Gasteiger partial charge in [-0.3, -0.25) is 9.59 Å². The SMILES string of the molecule is C[C@H]1COc2c(N3CCN(C)CC3)c(F)cc3c(=O)c(-c4nn5c(-c6cn(C7CC7)c7cc(N8CCNCC8)c(F)cc7c6=O)nnc5s4)cn1c23.Cl.Cl. The number of piperazine rings is 2. The van der Waals surface area contributed by atoms with Crippen molar-refractivity contribution in [3.63, 3.8) is 0 Å². The Morgan fingerprint density at radius 3 is 2.30 bits per heavy atom. The Balaban J connectivity index is 0.00000207. The number of hydrogen-bond donors (Lipinski definition) is 1. The second-order valence-corrected chi connectivity index (χ2v) is 15.3. The number of nitrogens with one attached hydrogen (secondary N) is 1. The Labute approximate surface area is 323 Å². The van der Waals surface area contributed by atoms with Crippen LogP contribution in [-0.2, 0) is 0 Å². The predicted octanol–water partition coefficient (Wildman–Crippen LogP) is 4.72. The van der Waals surface area contributed by atoms with Crippen LogP contribution in [-0.4, -0.2) is 99.9 Å². The van der Waals surface area contributed by atoms with Gasteiger partial charge in [-0.15, -0.1) is 35.0 Å². The highest BCUT2D eigenvalue weighted by atomic mass is 35.5. The summed E-state index contributed by atoms with van der Waals surface area (Å²) in [6.45, 7) is 8.09. The maximum Gasteiger partial charge on any atom is 0.235 e. The summed E-state index contributed by atoms with van der Waals surface area (Å²) < 4.78 is 43.3. The Bertz CT molecular complexity index is 2570. The lowest BCUT2D eigenvalue weighted by atomic mass is 10.1. The zero-order valence-corrected chi connectivity index (χ0v) is 32.0. The van der Waals surface area contributed by atoms with Gasteiger partial charge < -0.3 is 33.9 Å². The minimum atomic E-state index is -0.498. The maximum atomic E-state index is 16.0. The summed E-state index contributed by atoms with van der Waals surface area (Å²) in [6, 6.07) is 4.52. The fraction of sp³-hybridized carbons (Fsp3) is 0.417. The average Bonchev–Trinajstić information content (AvgIpc) is 3.79. The summed E-state index contributed by atoms with van der Waals surface area (Å²) in [5.41, 5.74) is 1.93. The lowest BCUT2D eigenvalue weighted by Crippen LogP contribution is -2.45. The molecule has 2 aromatic carbocycles. The van der Waals surface area contributed by atoms with Crippen molar-refractivity contribution in [3.05, 3.63) is 62.7 Å². The molecule has 7 heterocycles. The fourth-order valence-electron chi connectivity index (χ4n) is 7.90.